The quantitative estimate of drug-likeness (QED) is 0.834. The van der Waals surface area contributed by atoms with Crippen molar-refractivity contribution >= 4 is 5.69 Å². The van der Waals surface area contributed by atoms with Crippen LogP contribution in [0.15, 0.2) is 12.1 Å². The number of benzene rings is 1. The second-order valence-electron chi connectivity index (χ2n) is 4.72. The molecule has 1 aromatic carbocycles. The molecule has 0 saturated heterocycles. The summed E-state index contributed by atoms with van der Waals surface area (Å²) < 4.78 is 18.7. The monoisotopic (exact) mass is 280 g/mol. The van der Waals surface area contributed by atoms with Crippen molar-refractivity contribution in [3.05, 3.63) is 29.1 Å². The van der Waals surface area contributed by atoms with Gasteiger partial charge < -0.3 is 14.7 Å². The fraction of sp³-hybridized carbons (Fsp3) is 0.533. The average Bonchev–Trinajstić information content (AvgIpc) is 2.41. The van der Waals surface area contributed by atoms with Gasteiger partial charge in [0.15, 0.2) is 0 Å². The van der Waals surface area contributed by atoms with Crippen LogP contribution < -0.4 is 4.90 Å². The van der Waals surface area contributed by atoms with Gasteiger partial charge in [0.25, 0.3) is 0 Å². The van der Waals surface area contributed by atoms with Crippen LogP contribution in [0.3, 0.4) is 0 Å². The molecule has 0 fully saturated rings. The van der Waals surface area contributed by atoms with Gasteiger partial charge in [-0.25, -0.2) is 4.39 Å². The number of anilines is 1. The fourth-order valence-electron chi connectivity index (χ4n) is 2.03. The van der Waals surface area contributed by atoms with Crippen LogP contribution in [0.1, 0.15) is 30.6 Å². The Kier molecular flexibility index (Phi) is 6.43. The van der Waals surface area contributed by atoms with E-state index in [4.69, 9.17) is 10.00 Å². The van der Waals surface area contributed by atoms with Gasteiger partial charge >= 0.3 is 0 Å². The molecule has 0 aliphatic carbocycles. The van der Waals surface area contributed by atoms with Gasteiger partial charge in [-0.1, -0.05) is 0 Å². The number of ether oxygens (including phenoxy) is 1. The lowest BCUT2D eigenvalue weighted by molar-refractivity contribution is 0.197. The van der Waals surface area contributed by atoms with E-state index in [9.17, 15) is 9.50 Å². The number of methoxy groups -OCH3 is 1. The van der Waals surface area contributed by atoms with E-state index < -0.39 is 6.10 Å². The number of nitrogens with zero attached hydrogens (tertiary/aromatic N) is 2. The van der Waals surface area contributed by atoms with Gasteiger partial charge in [-0.2, -0.15) is 5.26 Å². The molecule has 0 radical (unpaired) electrons. The Balaban J connectivity index is 3.15. The Morgan fingerprint density at radius 3 is 2.70 bits per heavy atom. The van der Waals surface area contributed by atoms with Crippen LogP contribution in [-0.2, 0) is 4.74 Å². The summed E-state index contributed by atoms with van der Waals surface area (Å²) in [7, 11) is 1.61. The molecule has 0 bridgehead atoms. The molecule has 1 unspecified atom stereocenters. The van der Waals surface area contributed by atoms with Crippen molar-refractivity contribution in [3.63, 3.8) is 0 Å². The summed E-state index contributed by atoms with van der Waals surface area (Å²) in [6.45, 7) is 4.89. The minimum absolute atomic E-state index is 0.336. The second-order valence-corrected chi connectivity index (χ2v) is 4.72. The molecule has 0 aliphatic heterocycles. The molecule has 110 valence electrons. The van der Waals surface area contributed by atoms with E-state index in [1.807, 2.05) is 4.90 Å². The molecule has 0 spiro atoms. The Morgan fingerprint density at radius 2 is 2.15 bits per heavy atom. The zero-order valence-electron chi connectivity index (χ0n) is 12.2. The highest BCUT2D eigenvalue weighted by Crippen LogP contribution is 2.29. The molecule has 0 amide bonds. The lowest BCUT2D eigenvalue weighted by Gasteiger charge is -2.27. The van der Waals surface area contributed by atoms with E-state index in [1.54, 1.807) is 27.0 Å². The first-order chi connectivity index (χ1) is 9.51. The van der Waals surface area contributed by atoms with E-state index in [0.717, 1.165) is 5.69 Å². The zero-order valence-corrected chi connectivity index (χ0v) is 12.2. The van der Waals surface area contributed by atoms with Crippen LogP contribution in [0.2, 0.25) is 0 Å². The van der Waals surface area contributed by atoms with E-state index >= 15 is 0 Å². The molecule has 1 N–H and O–H groups in total. The fourth-order valence-corrected chi connectivity index (χ4v) is 2.03. The van der Waals surface area contributed by atoms with Crippen LogP contribution in [0.4, 0.5) is 10.1 Å². The third-order valence-corrected chi connectivity index (χ3v) is 3.16. The highest BCUT2D eigenvalue weighted by molar-refractivity contribution is 5.57. The topological polar surface area (TPSA) is 56.5 Å². The van der Waals surface area contributed by atoms with Crippen molar-refractivity contribution in [3.8, 4) is 6.07 Å². The van der Waals surface area contributed by atoms with Gasteiger partial charge in [0.05, 0.1) is 25.2 Å². The summed E-state index contributed by atoms with van der Waals surface area (Å²) in [5, 5.41) is 18.6. The molecular formula is C15H21FN2O2. The molecule has 1 aromatic rings. The highest BCUT2D eigenvalue weighted by Gasteiger charge is 2.17. The van der Waals surface area contributed by atoms with Crippen molar-refractivity contribution < 1.29 is 14.2 Å². The van der Waals surface area contributed by atoms with Crippen LogP contribution >= 0.6 is 0 Å². The second kappa shape index (κ2) is 7.83. The summed E-state index contributed by atoms with van der Waals surface area (Å²) in [4.78, 5) is 1.95. The van der Waals surface area contributed by atoms with Crippen molar-refractivity contribution in [1.29, 1.82) is 5.26 Å². The number of hydrogen-bond acceptors (Lipinski definition) is 4. The third-order valence-electron chi connectivity index (χ3n) is 3.16. The summed E-state index contributed by atoms with van der Waals surface area (Å²) >= 11 is 0. The molecule has 0 saturated carbocycles. The third kappa shape index (κ3) is 4.19. The Morgan fingerprint density at radius 1 is 1.45 bits per heavy atom. The summed E-state index contributed by atoms with van der Waals surface area (Å²) in [6, 6.07) is 5.18. The maximum absolute atomic E-state index is 13.7. The first kappa shape index (κ1) is 16.4. The molecule has 1 atom stereocenters. The smallest absolute Gasteiger partial charge is 0.126 e. The van der Waals surface area contributed by atoms with Crippen LogP contribution in [-0.4, -0.2) is 31.9 Å². The lowest BCUT2D eigenvalue weighted by Crippen LogP contribution is -2.29. The van der Waals surface area contributed by atoms with Crippen molar-refractivity contribution in [2.45, 2.75) is 26.4 Å². The minimum atomic E-state index is -0.771. The molecule has 0 heterocycles. The van der Waals surface area contributed by atoms with Crippen LogP contribution in [0.25, 0.3) is 0 Å². The van der Waals surface area contributed by atoms with Gasteiger partial charge in [0.1, 0.15) is 5.82 Å². The number of halogens is 1. The maximum Gasteiger partial charge on any atom is 0.126 e. The molecule has 0 aliphatic rings. The van der Waals surface area contributed by atoms with Crippen molar-refractivity contribution in [2.24, 2.45) is 0 Å². The normalized spacial score (nSPS) is 12.0. The van der Waals surface area contributed by atoms with Gasteiger partial charge in [-0.05, 0) is 31.5 Å². The maximum atomic E-state index is 13.7. The number of hydrogen-bond donors (Lipinski definition) is 1. The minimum Gasteiger partial charge on any atom is -0.389 e. The molecular weight excluding hydrogens is 259 g/mol. The summed E-state index contributed by atoms with van der Waals surface area (Å²) in [6.07, 6.45) is -0.411. The first-order valence-corrected chi connectivity index (χ1v) is 6.60. The Labute approximate surface area is 119 Å². The lowest BCUT2D eigenvalue weighted by atomic mass is 10.0. The van der Waals surface area contributed by atoms with Gasteiger partial charge in [-0.15, -0.1) is 0 Å². The average molecular weight is 280 g/mol. The van der Waals surface area contributed by atoms with Crippen molar-refractivity contribution in [2.75, 3.05) is 31.7 Å². The standard InChI is InChI=1S/C15H21FN2O2/c1-11-9-15(13(12(2)19)10-14(11)16)18(6-4-5-17)7-8-20-3/h9-10,12,19H,4,6-8H2,1-3H3. The molecule has 1 rings (SSSR count). The highest BCUT2D eigenvalue weighted by atomic mass is 19.1. The van der Waals surface area contributed by atoms with Gasteiger partial charge in [-0.3, -0.25) is 0 Å². The predicted molar refractivity (Wildman–Crippen MR) is 76.1 cm³/mol. The summed E-state index contributed by atoms with van der Waals surface area (Å²) in [5.74, 6) is -0.336. The van der Waals surface area contributed by atoms with E-state index in [0.29, 0.717) is 37.2 Å². The number of aliphatic hydroxyl groups excluding tert-OH is 1. The Bertz CT molecular complexity index is 483. The molecule has 4 nitrogen and oxygen atoms in total. The predicted octanol–water partition coefficient (Wildman–Crippen LogP) is 2.55. The largest absolute Gasteiger partial charge is 0.389 e. The van der Waals surface area contributed by atoms with Crippen LogP contribution in [0, 0.1) is 24.1 Å². The molecule has 20 heavy (non-hydrogen) atoms. The number of rotatable bonds is 7. The van der Waals surface area contributed by atoms with Gasteiger partial charge in [0.2, 0.25) is 0 Å². The van der Waals surface area contributed by atoms with Gasteiger partial charge in [0, 0.05) is 31.5 Å². The van der Waals surface area contributed by atoms with E-state index in [2.05, 4.69) is 6.07 Å². The number of aryl methyl sites for hydroxylation is 1. The first-order valence-electron chi connectivity index (χ1n) is 6.60. The van der Waals surface area contributed by atoms with E-state index in [1.165, 1.54) is 6.07 Å². The molecule has 0 aromatic heterocycles. The molecule has 5 heteroatoms. The van der Waals surface area contributed by atoms with Crippen molar-refractivity contribution in [1.82, 2.24) is 0 Å². The Hall–Kier alpha value is -1.64. The summed E-state index contributed by atoms with van der Waals surface area (Å²) in [5.41, 5.74) is 1.80. The zero-order chi connectivity index (χ0) is 15.1. The van der Waals surface area contributed by atoms with Crippen LogP contribution in [0.5, 0.6) is 0 Å². The SMILES string of the molecule is COCCN(CCC#N)c1cc(C)c(F)cc1C(C)O. The number of aliphatic hydroxyl groups is 1. The van der Waals surface area contributed by atoms with E-state index in [-0.39, 0.29) is 5.82 Å². The number of nitriles is 1.